The molecule has 0 atom stereocenters. The van der Waals surface area contributed by atoms with Crippen molar-refractivity contribution in [3.8, 4) is 0 Å². The van der Waals surface area contributed by atoms with Crippen molar-refractivity contribution in [2.45, 2.75) is 6.18 Å². The summed E-state index contributed by atoms with van der Waals surface area (Å²) in [7, 11) is 0. The zero-order valence-electron chi connectivity index (χ0n) is 12.5. The third kappa shape index (κ3) is 4.27. The smallest absolute Gasteiger partial charge is 0.300 e. The number of halogens is 4. The number of carbonyl (C=O) groups excluding carboxylic acids is 1. The summed E-state index contributed by atoms with van der Waals surface area (Å²) in [5.41, 5.74) is -0.248. The lowest BCUT2D eigenvalue weighted by atomic mass is 10.2. The number of hydrogen-bond donors (Lipinski definition) is 1. The third-order valence-electron chi connectivity index (χ3n) is 3.20. The van der Waals surface area contributed by atoms with Gasteiger partial charge < -0.3 is 5.32 Å². The molecule has 25 heavy (non-hydrogen) atoms. The lowest BCUT2D eigenvalue weighted by Gasteiger charge is -2.06. The van der Waals surface area contributed by atoms with Gasteiger partial charge in [-0.15, -0.1) is 0 Å². The lowest BCUT2D eigenvalue weighted by Crippen LogP contribution is -2.19. The monoisotopic (exact) mass is 366 g/mol. The molecule has 3 rings (SSSR count). The number of rotatable bonds is 2. The Balaban J connectivity index is 1.84. The highest BCUT2D eigenvalue weighted by molar-refractivity contribution is 8.18. The van der Waals surface area contributed by atoms with Crippen LogP contribution in [0.1, 0.15) is 11.1 Å². The standard InChI is InChI=1S/C17H10F4N2OS/c18-12-5-1-3-10(7-12)8-14-15(24)23-16(25-14)22-13-6-2-4-11(9-13)17(19,20)21/h1-9H,(H,22,23,24). The van der Waals surface area contributed by atoms with Crippen molar-refractivity contribution in [3.63, 3.8) is 0 Å². The van der Waals surface area contributed by atoms with E-state index in [-0.39, 0.29) is 15.8 Å². The molecule has 0 spiro atoms. The first-order chi connectivity index (χ1) is 11.8. The maximum atomic E-state index is 13.2. The molecule has 1 amide bonds. The number of nitrogens with zero attached hydrogens (tertiary/aromatic N) is 1. The molecule has 0 saturated carbocycles. The highest BCUT2D eigenvalue weighted by Crippen LogP contribution is 2.33. The second kappa shape index (κ2) is 6.72. The van der Waals surface area contributed by atoms with Gasteiger partial charge in [-0.2, -0.15) is 13.2 Å². The summed E-state index contributed by atoms with van der Waals surface area (Å²) in [6.07, 6.45) is -2.98. The van der Waals surface area contributed by atoms with Gasteiger partial charge in [-0.1, -0.05) is 18.2 Å². The fourth-order valence-electron chi connectivity index (χ4n) is 2.10. The van der Waals surface area contributed by atoms with Crippen LogP contribution >= 0.6 is 11.8 Å². The first kappa shape index (κ1) is 17.2. The zero-order chi connectivity index (χ0) is 18.0. The molecule has 1 fully saturated rings. The molecule has 0 radical (unpaired) electrons. The Morgan fingerprint density at radius 3 is 2.56 bits per heavy atom. The topological polar surface area (TPSA) is 41.5 Å². The van der Waals surface area contributed by atoms with Gasteiger partial charge in [0.25, 0.3) is 5.91 Å². The Bertz CT molecular complexity index is 890. The molecule has 8 heteroatoms. The molecule has 2 aromatic rings. The number of amides is 1. The van der Waals surface area contributed by atoms with Gasteiger partial charge in [-0.25, -0.2) is 9.38 Å². The van der Waals surface area contributed by atoms with E-state index in [4.69, 9.17) is 0 Å². The Morgan fingerprint density at radius 1 is 1.08 bits per heavy atom. The molecule has 1 heterocycles. The number of carbonyl (C=O) groups is 1. The molecular weight excluding hydrogens is 356 g/mol. The predicted molar refractivity (Wildman–Crippen MR) is 88.6 cm³/mol. The van der Waals surface area contributed by atoms with Crippen LogP contribution in [0.4, 0.5) is 23.2 Å². The quantitative estimate of drug-likeness (QED) is 0.616. The number of hydrogen-bond acceptors (Lipinski definition) is 3. The Labute approximate surface area is 144 Å². The fraction of sp³-hybridized carbons (Fsp3) is 0.0588. The molecule has 3 nitrogen and oxygen atoms in total. The molecule has 0 bridgehead atoms. The Hall–Kier alpha value is -2.61. The van der Waals surface area contributed by atoms with E-state index in [2.05, 4.69) is 10.3 Å². The summed E-state index contributed by atoms with van der Waals surface area (Å²) < 4.78 is 51.3. The van der Waals surface area contributed by atoms with E-state index in [1.165, 1.54) is 36.4 Å². The number of aliphatic imine (C=N–C) groups is 1. The van der Waals surface area contributed by atoms with E-state index >= 15 is 0 Å². The summed E-state index contributed by atoms with van der Waals surface area (Å²) in [4.78, 5) is 16.2. The van der Waals surface area contributed by atoms with Gasteiger partial charge in [-0.3, -0.25) is 4.79 Å². The first-order valence-corrected chi connectivity index (χ1v) is 7.85. The van der Waals surface area contributed by atoms with E-state index in [1.807, 2.05) is 0 Å². The van der Waals surface area contributed by atoms with Crippen LogP contribution in [-0.4, -0.2) is 11.1 Å². The van der Waals surface area contributed by atoms with Crippen LogP contribution in [0.5, 0.6) is 0 Å². The first-order valence-electron chi connectivity index (χ1n) is 7.04. The average molecular weight is 366 g/mol. The van der Waals surface area contributed by atoms with Crippen LogP contribution < -0.4 is 5.32 Å². The van der Waals surface area contributed by atoms with Crippen molar-refractivity contribution in [1.29, 1.82) is 0 Å². The van der Waals surface area contributed by atoms with Gasteiger partial charge in [0.15, 0.2) is 5.17 Å². The molecule has 1 aliphatic heterocycles. The van der Waals surface area contributed by atoms with Crippen molar-refractivity contribution < 1.29 is 22.4 Å². The van der Waals surface area contributed by atoms with Crippen LogP contribution in [0.3, 0.4) is 0 Å². The minimum absolute atomic E-state index is 0.0737. The van der Waals surface area contributed by atoms with E-state index in [1.54, 1.807) is 6.07 Å². The van der Waals surface area contributed by atoms with Gasteiger partial charge in [0.05, 0.1) is 16.2 Å². The van der Waals surface area contributed by atoms with Crippen molar-refractivity contribution in [2.75, 3.05) is 0 Å². The van der Waals surface area contributed by atoms with E-state index < -0.39 is 23.5 Å². The lowest BCUT2D eigenvalue weighted by molar-refractivity contribution is -0.137. The largest absolute Gasteiger partial charge is 0.416 e. The van der Waals surface area contributed by atoms with Crippen molar-refractivity contribution in [1.82, 2.24) is 5.32 Å². The molecule has 2 aromatic carbocycles. The summed E-state index contributed by atoms with van der Waals surface area (Å²) in [5, 5.41) is 2.64. The highest BCUT2D eigenvalue weighted by atomic mass is 32.2. The van der Waals surface area contributed by atoms with Gasteiger partial charge in [0.2, 0.25) is 0 Å². The molecule has 0 aliphatic carbocycles. The maximum absolute atomic E-state index is 13.2. The number of alkyl halides is 3. The number of benzene rings is 2. The molecule has 0 aromatic heterocycles. The number of thioether (sulfide) groups is 1. The highest BCUT2D eigenvalue weighted by Gasteiger charge is 2.30. The third-order valence-corrected chi connectivity index (χ3v) is 4.11. The van der Waals surface area contributed by atoms with E-state index in [0.29, 0.717) is 5.56 Å². The minimum atomic E-state index is -4.47. The second-order valence-corrected chi connectivity index (χ2v) is 6.12. The van der Waals surface area contributed by atoms with Crippen LogP contribution in [0, 0.1) is 5.82 Å². The molecule has 1 aliphatic rings. The van der Waals surface area contributed by atoms with Gasteiger partial charge in [0.1, 0.15) is 5.82 Å². The average Bonchev–Trinajstić information content (AvgIpc) is 2.86. The van der Waals surface area contributed by atoms with Crippen LogP contribution in [-0.2, 0) is 11.0 Å². The zero-order valence-corrected chi connectivity index (χ0v) is 13.3. The van der Waals surface area contributed by atoms with Gasteiger partial charge >= 0.3 is 6.18 Å². The predicted octanol–water partition coefficient (Wildman–Crippen LogP) is 4.74. The second-order valence-electron chi connectivity index (χ2n) is 5.08. The van der Waals surface area contributed by atoms with Crippen molar-refractivity contribution in [2.24, 2.45) is 4.99 Å². The summed E-state index contributed by atoms with van der Waals surface area (Å²) >= 11 is 0.974. The number of amidine groups is 1. The molecule has 1 N–H and O–H groups in total. The molecule has 128 valence electrons. The molecule has 0 unspecified atom stereocenters. The fourth-order valence-corrected chi connectivity index (χ4v) is 2.94. The van der Waals surface area contributed by atoms with Crippen LogP contribution in [0.15, 0.2) is 58.4 Å². The molecule has 1 saturated heterocycles. The normalized spacial score (nSPS) is 18.0. The molecular formula is C17H10F4N2OS. The van der Waals surface area contributed by atoms with Gasteiger partial charge in [-0.05, 0) is 53.7 Å². The van der Waals surface area contributed by atoms with Crippen LogP contribution in [0.25, 0.3) is 6.08 Å². The minimum Gasteiger partial charge on any atom is -0.300 e. The summed E-state index contributed by atoms with van der Waals surface area (Å²) in [6.45, 7) is 0. The summed E-state index contributed by atoms with van der Waals surface area (Å²) in [6, 6.07) is 10.2. The maximum Gasteiger partial charge on any atom is 0.416 e. The van der Waals surface area contributed by atoms with Crippen molar-refractivity contribution in [3.05, 3.63) is 70.4 Å². The number of nitrogens with one attached hydrogen (secondary N) is 1. The Kier molecular flexibility index (Phi) is 4.63. The SMILES string of the molecule is O=C1NC(=Nc2cccc(C(F)(F)F)c2)SC1=Cc1cccc(F)c1. The Morgan fingerprint density at radius 2 is 1.84 bits per heavy atom. The van der Waals surface area contributed by atoms with Gasteiger partial charge in [0, 0.05) is 0 Å². The van der Waals surface area contributed by atoms with Crippen LogP contribution in [0.2, 0.25) is 0 Å². The van der Waals surface area contributed by atoms with Crippen molar-refractivity contribution >= 4 is 34.6 Å². The summed E-state index contributed by atoms with van der Waals surface area (Å²) in [5.74, 6) is -0.879. The van der Waals surface area contributed by atoms with E-state index in [9.17, 15) is 22.4 Å². The van der Waals surface area contributed by atoms with E-state index in [0.717, 1.165) is 23.9 Å².